The number of anilines is 2. The van der Waals surface area contributed by atoms with Crippen LogP contribution in [0.1, 0.15) is 25.8 Å². The van der Waals surface area contributed by atoms with Gasteiger partial charge < -0.3 is 9.64 Å². The van der Waals surface area contributed by atoms with Gasteiger partial charge in [0.25, 0.3) is 0 Å². The minimum absolute atomic E-state index is 0.0647. The van der Waals surface area contributed by atoms with Gasteiger partial charge in [-0.25, -0.2) is 4.98 Å². The zero-order valence-corrected chi connectivity index (χ0v) is 15.6. The highest BCUT2D eigenvalue weighted by Gasteiger charge is 2.37. The molecule has 0 saturated carbocycles. The third kappa shape index (κ3) is 4.28. The summed E-state index contributed by atoms with van der Waals surface area (Å²) in [4.78, 5) is 9.12. The van der Waals surface area contributed by atoms with E-state index in [1.165, 1.54) is 4.90 Å². The van der Waals surface area contributed by atoms with E-state index in [1.54, 1.807) is 19.2 Å². The van der Waals surface area contributed by atoms with Crippen LogP contribution < -0.4 is 9.64 Å². The minimum Gasteiger partial charge on any atom is -0.460 e. The molecule has 2 aromatic rings. The maximum atomic E-state index is 13.3. The molecule has 130 valence electrons. The van der Waals surface area contributed by atoms with Crippen LogP contribution in [0.15, 0.2) is 30.5 Å². The van der Waals surface area contributed by atoms with Gasteiger partial charge in [-0.15, -0.1) is 0 Å². The van der Waals surface area contributed by atoms with Crippen molar-refractivity contribution in [3.05, 3.63) is 39.6 Å². The molecule has 0 N–H and O–H groups in total. The molecule has 4 nitrogen and oxygen atoms in total. The lowest BCUT2D eigenvalue weighted by Gasteiger charge is -2.24. The molecule has 0 aliphatic heterocycles. The SMILES string of the molecule is CCC(C)Oc1ncc(C(F)(F)F)c(N(C)c2ccccc2I)n1. The molecule has 0 aliphatic carbocycles. The lowest BCUT2D eigenvalue weighted by atomic mass is 10.2. The number of alkyl halides is 3. The lowest BCUT2D eigenvalue weighted by Crippen LogP contribution is -2.21. The molecule has 1 aromatic carbocycles. The highest BCUT2D eigenvalue weighted by molar-refractivity contribution is 14.1. The van der Waals surface area contributed by atoms with Crippen molar-refractivity contribution in [2.24, 2.45) is 0 Å². The molecule has 0 radical (unpaired) electrons. The molecule has 1 aromatic heterocycles. The first-order chi connectivity index (χ1) is 11.2. The van der Waals surface area contributed by atoms with E-state index in [9.17, 15) is 13.2 Å². The first kappa shape index (κ1) is 18.8. The monoisotopic (exact) mass is 451 g/mol. The zero-order valence-electron chi connectivity index (χ0n) is 13.4. The van der Waals surface area contributed by atoms with Gasteiger partial charge in [0, 0.05) is 16.8 Å². The van der Waals surface area contributed by atoms with Crippen LogP contribution in [-0.4, -0.2) is 23.1 Å². The van der Waals surface area contributed by atoms with Crippen molar-refractivity contribution < 1.29 is 17.9 Å². The van der Waals surface area contributed by atoms with Crippen LogP contribution in [0.25, 0.3) is 0 Å². The first-order valence-corrected chi connectivity index (χ1v) is 8.41. The van der Waals surface area contributed by atoms with Crippen LogP contribution in [0.4, 0.5) is 24.7 Å². The molecule has 0 saturated heterocycles. The fourth-order valence-corrected chi connectivity index (χ4v) is 2.72. The van der Waals surface area contributed by atoms with E-state index in [1.807, 2.05) is 26.0 Å². The summed E-state index contributed by atoms with van der Waals surface area (Å²) >= 11 is 2.07. The molecule has 0 spiro atoms. The van der Waals surface area contributed by atoms with Crippen molar-refractivity contribution in [3.8, 4) is 6.01 Å². The number of benzene rings is 1. The zero-order chi connectivity index (χ0) is 17.9. The molecule has 0 amide bonds. The smallest absolute Gasteiger partial charge is 0.421 e. The first-order valence-electron chi connectivity index (χ1n) is 7.33. The number of hydrogen-bond acceptors (Lipinski definition) is 4. The van der Waals surface area contributed by atoms with Crippen LogP contribution >= 0.6 is 22.6 Å². The van der Waals surface area contributed by atoms with Gasteiger partial charge in [-0.3, -0.25) is 0 Å². The summed E-state index contributed by atoms with van der Waals surface area (Å²) in [6.07, 6.45) is -3.27. The quantitative estimate of drug-likeness (QED) is 0.597. The number of nitrogens with zero attached hydrogens (tertiary/aromatic N) is 3. The summed E-state index contributed by atoms with van der Waals surface area (Å²) in [6, 6.07) is 7.07. The number of rotatable bonds is 5. The predicted molar refractivity (Wildman–Crippen MR) is 94.6 cm³/mol. The molecule has 1 unspecified atom stereocenters. The fourth-order valence-electron chi connectivity index (χ4n) is 1.97. The lowest BCUT2D eigenvalue weighted by molar-refractivity contribution is -0.137. The fraction of sp³-hybridized carbons (Fsp3) is 0.375. The average molecular weight is 451 g/mol. The second kappa shape index (κ2) is 7.54. The summed E-state index contributed by atoms with van der Waals surface area (Å²) in [5.74, 6) is -0.236. The third-order valence-corrected chi connectivity index (χ3v) is 4.38. The summed E-state index contributed by atoms with van der Waals surface area (Å²) in [6.45, 7) is 3.72. The Hall–Kier alpha value is -1.58. The maximum absolute atomic E-state index is 13.3. The van der Waals surface area contributed by atoms with Gasteiger partial charge in [0.05, 0.1) is 11.8 Å². The van der Waals surface area contributed by atoms with Crippen molar-refractivity contribution in [2.45, 2.75) is 32.5 Å². The summed E-state index contributed by atoms with van der Waals surface area (Å²) < 4.78 is 46.3. The highest BCUT2D eigenvalue weighted by atomic mass is 127. The number of halogens is 4. The molecule has 0 fully saturated rings. The predicted octanol–water partition coefficient (Wildman–Crippen LogP) is 5.05. The van der Waals surface area contributed by atoms with Crippen LogP contribution in [0.5, 0.6) is 6.01 Å². The second-order valence-electron chi connectivity index (χ2n) is 5.23. The molecule has 24 heavy (non-hydrogen) atoms. The Morgan fingerprint density at radius 1 is 1.29 bits per heavy atom. The summed E-state index contributed by atoms with van der Waals surface area (Å²) in [5.41, 5.74) is -0.280. The van der Waals surface area contributed by atoms with Gasteiger partial charge in [0.15, 0.2) is 5.82 Å². The highest BCUT2D eigenvalue weighted by Crippen LogP contribution is 2.38. The minimum atomic E-state index is -4.56. The van der Waals surface area contributed by atoms with Crippen LogP contribution in [0, 0.1) is 3.57 Å². The number of hydrogen-bond donors (Lipinski definition) is 0. The van der Waals surface area contributed by atoms with Crippen LogP contribution in [0.3, 0.4) is 0 Å². The van der Waals surface area contributed by atoms with Gasteiger partial charge in [0.2, 0.25) is 0 Å². The van der Waals surface area contributed by atoms with Gasteiger partial charge in [-0.2, -0.15) is 18.2 Å². The molecule has 1 atom stereocenters. The molecule has 2 rings (SSSR count). The van der Waals surface area contributed by atoms with Crippen LogP contribution in [0.2, 0.25) is 0 Å². The van der Waals surface area contributed by atoms with E-state index in [-0.39, 0.29) is 17.9 Å². The van der Waals surface area contributed by atoms with Crippen molar-refractivity contribution in [1.29, 1.82) is 0 Å². The number of para-hydroxylation sites is 1. The van der Waals surface area contributed by atoms with Gasteiger partial charge in [-0.1, -0.05) is 19.1 Å². The normalized spacial score (nSPS) is 12.8. The summed E-state index contributed by atoms with van der Waals surface area (Å²) in [5, 5.41) is 0. The maximum Gasteiger partial charge on any atom is 0.421 e. The molecule has 0 bridgehead atoms. The van der Waals surface area contributed by atoms with E-state index < -0.39 is 11.7 Å². The van der Waals surface area contributed by atoms with Crippen molar-refractivity contribution in [2.75, 3.05) is 11.9 Å². The van der Waals surface area contributed by atoms with Crippen molar-refractivity contribution in [1.82, 2.24) is 9.97 Å². The Bertz CT molecular complexity index is 709. The van der Waals surface area contributed by atoms with E-state index in [0.717, 1.165) is 9.77 Å². The summed E-state index contributed by atoms with van der Waals surface area (Å²) in [7, 11) is 1.54. The molecular weight excluding hydrogens is 434 g/mol. The van der Waals surface area contributed by atoms with Gasteiger partial charge in [-0.05, 0) is 48.1 Å². The second-order valence-corrected chi connectivity index (χ2v) is 6.40. The van der Waals surface area contributed by atoms with Gasteiger partial charge in [0.1, 0.15) is 5.56 Å². The van der Waals surface area contributed by atoms with E-state index >= 15 is 0 Å². The number of aromatic nitrogens is 2. The molecule has 8 heteroatoms. The largest absolute Gasteiger partial charge is 0.460 e. The number of ether oxygens (including phenoxy) is 1. The standard InChI is InChI=1S/C16H17F3IN3O/c1-4-10(2)24-15-21-9-11(16(17,18)19)14(22-15)23(3)13-8-6-5-7-12(13)20/h5-10H,4H2,1-3H3. The molecule has 0 aliphatic rings. The molecule has 1 heterocycles. The van der Waals surface area contributed by atoms with Gasteiger partial charge >= 0.3 is 12.2 Å². The van der Waals surface area contributed by atoms with E-state index in [0.29, 0.717) is 12.1 Å². The third-order valence-electron chi connectivity index (χ3n) is 3.46. The Morgan fingerprint density at radius 2 is 1.96 bits per heavy atom. The van der Waals surface area contributed by atoms with E-state index in [4.69, 9.17) is 4.74 Å². The molecular formula is C16H17F3IN3O. The topological polar surface area (TPSA) is 38.2 Å². The van der Waals surface area contributed by atoms with Crippen LogP contribution in [-0.2, 0) is 6.18 Å². The Balaban J connectivity index is 2.51. The Morgan fingerprint density at radius 3 is 2.54 bits per heavy atom. The Kier molecular flexibility index (Phi) is 5.89. The van der Waals surface area contributed by atoms with Crippen molar-refractivity contribution >= 4 is 34.1 Å². The average Bonchev–Trinajstić information content (AvgIpc) is 2.53. The van der Waals surface area contributed by atoms with E-state index in [2.05, 4.69) is 32.6 Å². The van der Waals surface area contributed by atoms with Crippen molar-refractivity contribution in [3.63, 3.8) is 0 Å². The Labute approximate surface area is 152 Å².